The Morgan fingerprint density at radius 3 is 2.08 bits per heavy atom. The van der Waals surface area contributed by atoms with E-state index in [1.807, 2.05) is 0 Å². The van der Waals surface area contributed by atoms with Crippen molar-refractivity contribution in [3.63, 3.8) is 0 Å². The number of halogens is 2. The van der Waals surface area contributed by atoms with E-state index in [2.05, 4.69) is 0 Å². The average Bonchev–Trinajstić information content (AvgIpc) is 1.85. The highest BCUT2D eigenvalue weighted by Crippen LogP contribution is 2.35. The van der Waals surface area contributed by atoms with Crippen LogP contribution in [0.1, 0.15) is 20.8 Å². The molecule has 0 fully saturated rings. The Kier molecular flexibility index (Phi) is 3.96. The lowest BCUT2D eigenvalue weighted by atomic mass is 10.2. The summed E-state index contributed by atoms with van der Waals surface area (Å²) in [6.45, 7) is 5.14. The van der Waals surface area contributed by atoms with Crippen molar-refractivity contribution in [2.75, 3.05) is 0 Å². The van der Waals surface area contributed by atoms with E-state index in [1.165, 1.54) is 0 Å². The second kappa shape index (κ2) is 4.07. The van der Waals surface area contributed by atoms with E-state index in [0.717, 1.165) is 0 Å². The summed E-state index contributed by atoms with van der Waals surface area (Å²) in [5, 5.41) is 4.07. The quantitative estimate of drug-likeness (QED) is 0.753. The zero-order valence-corrected chi connectivity index (χ0v) is 7.99. The summed E-state index contributed by atoms with van der Waals surface area (Å²) in [5.74, 6) is -2.03. The van der Waals surface area contributed by atoms with Gasteiger partial charge in [-0.15, -0.1) is 0 Å². The van der Waals surface area contributed by atoms with Crippen LogP contribution in [0.5, 0.6) is 0 Å². The van der Waals surface area contributed by atoms with Gasteiger partial charge in [0, 0.05) is 5.25 Å². The smallest absolute Gasteiger partial charge is 0.389 e. The standard InChI is InChI=1S/C7H12F2O2S/c1-4(2)5(3)12-7(8,9)6(10)11/h4-5H,1-3H3,(H,10,11). The first-order valence-corrected chi connectivity index (χ1v) is 4.44. The van der Waals surface area contributed by atoms with E-state index in [9.17, 15) is 13.6 Å². The van der Waals surface area contributed by atoms with Gasteiger partial charge in [0.25, 0.3) is 0 Å². The third-order valence-corrected chi connectivity index (χ3v) is 2.91. The maximum Gasteiger partial charge on any atom is 0.389 e. The van der Waals surface area contributed by atoms with Crippen molar-refractivity contribution in [2.45, 2.75) is 31.3 Å². The molecule has 0 saturated carbocycles. The third-order valence-electron chi connectivity index (χ3n) is 1.52. The molecule has 0 aromatic heterocycles. The Hall–Kier alpha value is -0.320. The highest BCUT2D eigenvalue weighted by atomic mass is 32.2. The molecule has 0 aliphatic carbocycles. The Labute approximate surface area is 74.3 Å². The van der Waals surface area contributed by atoms with Gasteiger partial charge in [0.2, 0.25) is 0 Å². The molecule has 0 bridgehead atoms. The number of carboxylic acid groups (broad SMARTS) is 1. The number of alkyl halides is 2. The van der Waals surface area contributed by atoms with Crippen LogP contribution in [0.4, 0.5) is 8.78 Å². The van der Waals surface area contributed by atoms with Crippen LogP contribution in [0.25, 0.3) is 0 Å². The molecule has 0 saturated heterocycles. The molecule has 0 radical (unpaired) electrons. The lowest BCUT2D eigenvalue weighted by Gasteiger charge is -2.18. The predicted molar refractivity (Wildman–Crippen MR) is 44.5 cm³/mol. The van der Waals surface area contributed by atoms with Gasteiger partial charge < -0.3 is 5.11 Å². The highest BCUT2D eigenvalue weighted by molar-refractivity contribution is 8.01. The van der Waals surface area contributed by atoms with Crippen molar-refractivity contribution in [1.82, 2.24) is 0 Å². The fourth-order valence-corrected chi connectivity index (χ4v) is 1.26. The number of thioether (sulfide) groups is 1. The van der Waals surface area contributed by atoms with Crippen LogP contribution in [0.15, 0.2) is 0 Å². The van der Waals surface area contributed by atoms with E-state index in [-0.39, 0.29) is 22.9 Å². The lowest BCUT2D eigenvalue weighted by molar-refractivity contribution is -0.152. The second-order valence-electron chi connectivity index (χ2n) is 2.89. The zero-order chi connectivity index (χ0) is 9.94. The maximum atomic E-state index is 12.5. The molecule has 0 aliphatic rings. The molecule has 0 aliphatic heterocycles. The van der Waals surface area contributed by atoms with E-state index < -0.39 is 11.2 Å². The number of carboxylic acids is 1. The maximum absolute atomic E-state index is 12.5. The number of hydrogen-bond donors (Lipinski definition) is 1. The minimum absolute atomic E-state index is 0.0419. The number of rotatable bonds is 4. The van der Waals surface area contributed by atoms with Crippen molar-refractivity contribution in [1.29, 1.82) is 0 Å². The molecule has 1 N–H and O–H groups in total. The van der Waals surface area contributed by atoms with E-state index in [1.54, 1.807) is 20.8 Å². The van der Waals surface area contributed by atoms with Gasteiger partial charge in [-0.1, -0.05) is 32.5 Å². The first kappa shape index (κ1) is 11.7. The number of carbonyl (C=O) groups is 1. The number of hydrogen-bond acceptors (Lipinski definition) is 2. The summed E-state index contributed by atoms with van der Waals surface area (Å²) in [5.41, 5.74) is 0. The van der Waals surface area contributed by atoms with Gasteiger partial charge in [0.15, 0.2) is 0 Å². The van der Waals surface area contributed by atoms with Crippen LogP contribution in [0.3, 0.4) is 0 Å². The molecule has 12 heavy (non-hydrogen) atoms. The molecule has 1 atom stereocenters. The average molecular weight is 198 g/mol. The van der Waals surface area contributed by atoms with Gasteiger partial charge in [-0.2, -0.15) is 8.78 Å². The van der Waals surface area contributed by atoms with Crippen molar-refractivity contribution >= 4 is 17.7 Å². The molecule has 1 unspecified atom stereocenters. The third kappa shape index (κ3) is 3.38. The minimum Gasteiger partial charge on any atom is -0.476 e. The van der Waals surface area contributed by atoms with Crippen LogP contribution in [-0.4, -0.2) is 21.6 Å². The molecule has 0 aromatic rings. The van der Waals surface area contributed by atoms with Gasteiger partial charge in [0.1, 0.15) is 0 Å². The van der Waals surface area contributed by atoms with Crippen molar-refractivity contribution in [3.8, 4) is 0 Å². The molecule has 0 spiro atoms. The first-order valence-electron chi connectivity index (χ1n) is 3.56. The Balaban J connectivity index is 4.15. The van der Waals surface area contributed by atoms with Crippen LogP contribution in [0.2, 0.25) is 0 Å². The van der Waals surface area contributed by atoms with Crippen molar-refractivity contribution in [3.05, 3.63) is 0 Å². The Bertz CT molecular complexity index is 171. The normalized spacial score (nSPS) is 14.8. The highest BCUT2D eigenvalue weighted by Gasteiger charge is 2.41. The Morgan fingerprint density at radius 2 is 1.83 bits per heavy atom. The topological polar surface area (TPSA) is 37.3 Å². The molecular formula is C7H12F2O2S. The van der Waals surface area contributed by atoms with Crippen LogP contribution < -0.4 is 0 Å². The Morgan fingerprint density at radius 1 is 1.42 bits per heavy atom. The molecule has 5 heteroatoms. The van der Waals surface area contributed by atoms with E-state index in [4.69, 9.17) is 5.11 Å². The summed E-state index contributed by atoms with van der Waals surface area (Å²) < 4.78 is 25.0. The summed E-state index contributed by atoms with van der Waals surface area (Å²) in [4.78, 5) is 10.0. The molecule has 0 amide bonds. The van der Waals surface area contributed by atoms with Gasteiger partial charge in [-0.3, -0.25) is 0 Å². The predicted octanol–water partition coefficient (Wildman–Crippen LogP) is 2.44. The molecule has 72 valence electrons. The van der Waals surface area contributed by atoms with Gasteiger partial charge in [-0.25, -0.2) is 4.79 Å². The number of aliphatic carboxylic acids is 1. The van der Waals surface area contributed by atoms with E-state index in [0.29, 0.717) is 0 Å². The molecule has 2 nitrogen and oxygen atoms in total. The van der Waals surface area contributed by atoms with Crippen molar-refractivity contribution in [2.24, 2.45) is 5.92 Å². The monoisotopic (exact) mass is 198 g/mol. The van der Waals surface area contributed by atoms with Crippen LogP contribution >= 0.6 is 11.8 Å². The lowest BCUT2D eigenvalue weighted by Crippen LogP contribution is -2.27. The molecule has 0 rings (SSSR count). The summed E-state index contributed by atoms with van der Waals surface area (Å²) in [6, 6.07) is 0. The van der Waals surface area contributed by atoms with E-state index >= 15 is 0 Å². The summed E-state index contributed by atoms with van der Waals surface area (Å²) >= 11 is 0.185. The SMILES string of the molecule is CC(C)C(C)SC(F)(F)C(=O)O. The van der Waals surface area contributed by atoms with Crippen molar-refractivity contribution < 1.29 is 18.7 Å². The fourth-order valence-electron chi connectivity index (χ4n) is 0.420. The van der Waals surface area contributed by atoms with Gasteiger partial charge in [-0.05, 0) is 5.92 Å². The summed E-state index contributed by atoms with van der Waals surface area (Å²) in [7, 11) is 0. The largest absolute Gasteiger partial charge is 0.476 e. The zero-order valence-electron chi connectivity index (χ0n) is 7.17. The molecular weight excluding hydrogens is 186 g/mol. The van der Waals surface area contributed by atoms with Crippen LogP contribution in [0, 0.1) is 5.92 Å². The van der Waals surface area contributed by atoms with Gasteiger partial charge >= 0.3 is 11.2 Å². The molecule has 0 aromatic carbocycles. The first-order chi connectivity index (χ1) is 5.27. The second-order valence-corrected chi connectivity index (χ2v) is 4.38. The molecule has 0 heterocycles. The van der Waals surface area contributed by atoms with Gasteiger partial charge in [0.05, 0.1) is 0 Å². The summed E-state index contributed by atoms with van der Waals surface area (Å²) in [6.07, 6.45) is 0. The van der Waals surface area contributed by atoms with Crippen LogP contribution in [-0.2, 0) is 4.79 Å². The minimum atomic E-state index is -3.66. The fraction of sp³-hybridized carbons (Fsp3) is 0.857.